The Morgan fingerprint density at radius 3 is 2.68 bits per heavy atom. The van der Waals surface area contributed by atoms with Gasteiger partial charge in [0.1, 0.15) is 18.0 Å². The molecule has 25 heavy (non-hydrogen) atoms. The van der Waals surface area contributed by atoms with Gasteiger partial charge in [-0.1, -0.05) is 0 Å². The van der Waals surface area contributed by atoms with E-state index in [4.69, 9.17) is 15.3 Å². The summed E-state index contributed by atoms with van der Waals surface area (Å²) in [6.07, 6.45) is 0. The van der Waals surface area contributed by atoms with Crippen molar-refractivity contribution in [2.24, 2.45) is 0 Å². The van der Waals surface area contributed by atoms with Gasteiger partial charge in [-0.3, -0.25) is 10.1 Å². The van der Waals surface area contributed by atoms with E-state index in [0.29, 0.717) is 32.0 Å². The van der Waals surface area contributed by atoms with Crippen LogP contribution >= 0.6 is 0 Å². The predicted octanol–water partition coefficient (Wildman–Crippen LogP) is 1.38. The summed E-state index contributed by atoms with van der Waals surface area (Å²) in [6, 6.07) is 7.69. The number of carbonyl (C=O) groups is 1. The van der Waals surface area contributed by atoms with Crippen molar-refractivity contribution in [3.05, 3.63) is 41.0 Å². The second kappa shape index (κ2) is 6.99. The zero-order valence-electron chi connectivity index (χ0n) is 13.0. The number of anilines is 2. The molecule has 1 fully saturated rings. The zero-order valence-corrected chi connectivity index (χ0v) is 13.0. The van der Waals surface area contributed by atoms with Gasteiger partial charge in [0.2, 0.25) is 5.95 Å². The molecule has 2 N–H and O–H groups in total. The number of benzene rings is 1. The van der Waals surface area contributed by atoms with Crippen molar-refractivity contribution < 1.29 is 13.9 Å². The summed E-state index contributed by atoms with van der Waals surface area (Å²) in [6.45, 7) is 2.23. The molecular weight excluding hydrogens is 327 g/mol. The van der Waals surface area contributed by atoms with Crippen molar-refractivity contribution in [1.82, 2.24) is 9.97 Å². The quantitative estimate of drug-likeness (QED) is 0.871. The van der Waals surface area contributed by atoms with Crippen LogP contribution < -0.4 is 10.2 Å². The molecule has 2 aromatic rings. The van der Waals surface area contributed by atoms with Crippen LogP contribution in [0.4, 0.5) is 16.0 Å². The van der Waals surface area contributed by atoms with Gasteiger partial charge in [-0.25, -0.2) is 9.37 Å². The van der Waals surface area contributed by atoms with E-state index in [9.17, 15) is 9.18 Å². The molecule has 0 aliphatic carbocycles. The number of nitrogens with one attached hydrogen (secondary N) is 2. The number of imidazole rings is 1. The highest BCUT2D eigenvalue weighted by atomic mass is 19.1. The molecule has 0 bridgehead atoms. The number of aromatic nitrogens is 2. The largest absolute Gasteiger partial charge is 0.378 e. The lowest BCUT2D eigenvalue weighted by Crippen LogP contribution is -2.36. The van der Waals surface area contributed by atoms with Crippen molar-refractivity contribution >= 4 is 17.5 Å². The van der Waals surface area contributed by atoms with E-state index in [2.05, 4.69) is 15.3 Å². The highest BCUT2D eigenvalue weighted by Crippen LogP contribution is 2.22. The highest BCUT2D eigenvalue weighted by molar-refractivity contribution is 6.03. The molecule has 0 radical (unpaired) electrons. The molecule has 0 atom stereocenters. The van der Waals surface area contributed by atoms with Crippen LogP contribution in [0, 0.1) is 28.5 Å². The third kappa shape index (κ3) is 3.42. The van der Waals surface area contributed by atoms with Crippen molar-refractivity contribution in [2.45, 2.75) is 0 Å². The molecule has 126 valence electrons. The minimum Gasteiger partial charge on any atom is -0.378 e. The number of nitrogens with zero attached hydrogens (tertiary/aromatic N) is 4. The molecule has 8 nitrogen and oxygen atoms in total. The van der Waals surface area contributed by atoms with Gasteiger partial charge in [0, 0.05) is 18.7 Å². The molecule has 1 aliphatic heterocycles. The molecule has 1 saturated heterocycles. The first kappa shape index (κ1) is 16.4. The van der Waals surface area contributed by atoms with Gasteiger partial charge in [0.15, 0.2) is 11.4 Å². The Labute approximate surface area is 142 Å². The molecule has 2 heterocycles. The van der Waals surface area contributed by atoms with Gasteiger partial charge in [-0.15, -0.1) is 0 Å². The number of hydrogen-bond acceptors (Lipinski definition) is 6. The van der Waals surface area contributed by atoms with E-state index in [1.54, 1.807) is 18.2 Å². The Bertz CT molecular complexity index is 858. The van der Waals surface area contributed by atoms with Crippen molar-refractivity contribution in [1.29, 1.82) is 10.5 Å². The third-order valence-electron chi connectivity index (χ3n) is 3.72. The fraction of sp³-hybridized carbons (Fsp3) is 0.250. The van der Waals surface area contributed by atoms with Crippen LogP contribution in [0.3, 0.4) is 0 Å². The second-order valence-corrected chi connectivity index (χ2v) is 5.25. The number of carbonyl (C=O) groups excluding carboxylic acids is 1. The molecule has 0 spiro atoms. The number of morpholine rings is 1. The summed E-state index contributed by atoms with van der Waals surface area (Å²) in [5.41, 5.74) is 0.345. The summed E-state index contributed by atoms with van der Waals surface area (Å²) in [5, 5.41) is 20.1. The summed E-state index contributed by atoms with van der Waals surface area (Å²) in [4.78, 5) is 20.4. The maximum Gasteiger partial charge on any atom is 0.258 e. The second-order valence-electron chi connectivity index (χ2n) is 5.25. The summed E-state index contributed by atoms with van der Waals surface area (Å²) in [7, 11) is 0. The average molecular weight is 340 g/mol. The van der Waals surface area contributed by atoms with Crippen LogP contribution in [0.5, 0.6) is 0 Å². The lowest BCUT2D eigenvalue weighted by Gasteiger charge is -2.29. The molecule has 1 amide bonds. The standard InChI is InChI=1S/C16H13FN6O2/c17-11-7-10(1-2-14(11)23-3-5-25-6-4-23)15(24)22-16-20-12(8-18)13(9-19)21-16/h1-2,7H,3-6H2,(H2,20,21,22,24). The molecule has 0 unspecified atom stereocenters. The monoisotopic (exact) mass is 340 g/mol. The minimum absolute atomic E-state index is 0.0456. The molecule has 1 aromatic carbocycles. The summed E-state index contributed by atoms with van der Waals surface area (Å²) < 4.78 is 19.6. The summed E-state index contributed by atoms with van der Waals surface area (Å²) >= 11 is 0. The van der Waals surface area contributed by atoms with E-state index in [1.807, 2.05) is 4.90 Å². The van der Waals surface area contributed by atoms with E-state index in [0.717, 1.165) is 6.07 Å². The van der Waals surface area contributed by atoms with E-state index >= 15 is 0 Å². The number of H-pyrrole nitrogens is 1. The number of ether oxygens (including phenoxy) is 1. The van der Waals surface area contributed by atoms with Gasteiger partial charge in [0.25, 0.3) is 5.91 Å². The van der Waals surface area contributed by atoms with Gasteiger partial charge in [-0.05, 0) is 18.2 Å². The first-order chi connectivity index (χ1) is 12.1. The van der Waals surface area contributed by atoms with Crippen LogP contribution in [0.2, 0.25) is 0 Å². The number of rotatable bonds is 3. The van der Waals surface area contributed by atoms with Gasteiger partial charge < -0.3 is 14.6 Å². The molecule has 9 heteroatoms. The predicted molar refractivity (Wildman–Crippen MR) is 85.4 cm³/mol. The van der Waals surface area contributed by atoms with E-state index in [-0.39, 0.29) is 22.9 Å². The number of halogens is 1. The normalized spacial score (nSPS) is 13.8. The highest BCUT2D eigenvalue weighted by Gasteiger charge is 2.18. The smallest absolute Gasteiger partial charge is 0.258 e. The Hall–Kier alpha value is -3.43. The topological polar surface area (TPSA) is 118 Å². The fourth-order valence-corrected chi connectivity index (χ4v) is 2.48. The fourth-order valence-electron chi connectivity index (χ4n) is 2.48. The lowest BCUT2D eigenvalue weighted by molar-refractivity contribution is 0.102. The first-order valence-corrected chi connectivity index (χ1v) is 7.46. The third-order valence-corrected chi connectivity index (χ3v) is 3.72. The van der Waals surface area contributed by atoms with Crippen LogP contribution in [-0.2, 0) is 4.74 Å². The van der Waals surface area contributed by atoms with Crippen LogP contribution in [0.15, 0.2) is 18.2 Å². The minimum atomic E-state index is -0.602. The lowest BCUT2D eigenvalue weighted by atomic mass is 10.1. The van der Waals surface area contributed by atoms with Crippen molar-refractivity contribution in [2.75, 3.05) is 36.5 Å². The van der Waals surface area contributed by atoms with Crippen LogP contribution in [0.1, 0.15) is 21.7 Å². The maximum absolute atomic E-state index is 14.3. The summed E-state index contributed by atoms with van der Waals surface area (Å²) in [5.74, 6) is -1.16. The van der Waals surface area contributed by atoms with E-state index in [1.165, 1.54) is 6.07 Å². The Morgan fingerprint density at radius 2 is 2.08 bits per heavy atom. The molecule has 1 aromatic heterocycles. The number of hydrogen-bond donors (Lipinski definition) is 2. The van der Waals surface area contributed by atoms with Gasteiger partial charge >= 0.3 is 0 Å². The SMILES string of the molecule is N#Cc1nc(NC(=O)c2ccc(N3CCOCC3)c(F)c2)[nH]c1C#N. The van der Waals surface area contributed by atoms with E-state index < -0.39 is 11.7 Å². The van der Waals surface area contributed by atoms with Crippen molar-refractivity contribution in [3.8, 4) is 12.1 Å². The molecule has 3 rings (SSSR count). The number of nitriles is 2. The Morgan fingerprint density at radius 1 is 1.32 bits per heavy atom. The Kier molecular flexibility index (Phi) is 4.59. The maximum atomic E-state index is 14.3. The zero-order chi connectivity index (χ0) is 17.8. The van der Waals surface area contributed by atoms with Crippen LogP contribution in [0.25, 0.3) is 0 Å². The van der Waals surface area contributed by atoms with Gasteiger partial charge in [-0.2, -0.15) is 10.5 Å². The number of aromatic amines is 1. The molecule has 0 saturated carbocycles. The van der Waals surface area contributed by atoms with Crippen LogP contribution in [-0.4, -0.2) is 42.2 Å². The van der Waals surface area contributed by atoms with Gasteiger partial charge in [0.05, 0.1) is 18.9 Å². The van der Waals surface area contributed by atoms with Crippen molar-refractivity contribution in [3.63, 3.8) is 0 Å². The molecule has 1 aliphatic rings. The average Bonchev–Trinajstić information content (AvgIpc) is 3.04. The number of amides is 1. The first-order valence-electron chi connectivity index (χ1n) is 7.46. The Balaban J connectivity index is 1.76. The molecular formula is C16H13FN6O2.